The Balaban J connectivity index is 1.62. The van der Waals surface area contributed by atoms with Gasteiger partial charge >= 0.3 is 5.97 Å². The first-order valence-corrected chi connectivity index (χ1v) is 12.8. The molecule has 0 saturated heterocycles. The maximum Gasteiger partial charge on any atom is 0.360 e. The number of aromatic nitrogens is 2. The van der Waals surface area contributed by atoms with Crippen LogP contribution in [0.5, 0.6) is 0 Å². The smallest absolute Gasteiger partial charge is 0.360 e. The fraction of sp³-hybridized carbons (Fsp3) is 0.625. The standard InChI is InChI=1S/C24H26F2N2O5S2/c1-11-6-13-14-8-16(25)15-7-12(29)4-5-21(15,2)23(14,26)18(30)9-22(13,3)24(11,20(32)34)33-19(31)17-10-35-28-27-17/h4-5,7,10-11,13-14,16,18,30H,6,8-9H2,1-3H3,(H,32,34)/t11?,13-,14-,16?,18?,21-,22-,23?,24?/m0/s1. The molecule has 3 fully saturated rings. The van der Waals surface area contributed by atoms with Crippen LogP contribution in [0.3, 0.4) is 0 Å². The molecule has 11 heteroatoms. The molecule has 1 heterocycles. The molecule has 3 saturated carbocycles. The van der Waals surface area contributed by atoms with Crippen molar-refractivity contribution < 1.29 is 33.0 Å². The summed E-state index contributed by atoms with van der Waals surface area (Å²) in [6, 6.07) is 0. The molecule has 188 valence electrons. The summed E-state index contributed by atoms with van der Waals surface area (Å²) in [6.45, 7) is 4.92. The van der Waals surface area contributed by atoms with E-state index in [2.05, 4.69) is 22.2 Å². The lowest BCUT2D eigenvalue weighted by atomic mass is 9.44. The lowest BCUT2D eigenvalue weighted by molar-refractivity contribution is -0.221. The van der Waals surface area contributed by atoms with Crippen LogP contribution in [-0.2, 0) is 14.3 Å². The lowest BCUT2D eigenvalue weighted by Crippen LogP contribution is -2.70. The maximum atomic E-state index is 17.3. The first-order valence-electron chi connectivity index (χ1n) is 11.5. The highest BCUT2D eigenvalue weighted by atomic mass is 32.1. The SMILES string of the molecule is CC1C[C@H]2[C@@H]3CC(F)C4=CC(=O)C=C[C@]4(C)C3(F)C(O)C[C@]2(C)C1(OC(=O)c1csnn1)C(=O)S. The Morgan fingerprint density at radius 2 is 2.00 bits per heavy atom. The van der Waals surface area contributed by atoms with E-state index in [-0.39, 0.29) is 30.5 Å². The van der Waals surface area contributed by atoms with Crippen molar-refractivity contribution in [3.8, 4) is 0 Å². The van der Waals surface area contributed by atoms with Crippen LogP contribution in [-0.4, -0.2) is 55.1 Å². The van der Waals surface area contributed by atoms with Crippen LogP contribution < -0.4 is 0 Å². The quantitative estimate of drug-likeness (QED) is 0.461. The Kier molecular flexibility index (Phi) is 5.48. The highest BCUT2D eigenvalue weighted by Gasteiger charge is 2.78. The van der Waals surface area contributed by atoms with Gasteiger partial charge in [-0.25, -0.2) is 13.6 Å². The predicted octanol–water partition coefficient (Wildman–Crippen LogP) is 3.45. The Morgan fingerprint density at radius 1 is 1.29 bits per heavy atom. The summed E-state index contributed by atoms with van der Waals surface area (Å²) in [5.74, 6) is -3.47. The number of carbonyl (C=O) groups is 3. The summed E-state index contributed by atoms with van der Waals surface area (Å²) in [4.78, 5) is 38.0. The number of ether oxygens (including phenoxy) is 1. The summed E-state index contributed by atoms with van der Waals surface area (Å²) in [5, 5.41) is 15.8. The largest absolute Gasteiger partial charge is 0.444 e. The summed E-state index contributed by atoms with van der Waals surface area (Å²) in [5.41, 5.74) is -6.88. The van der Waals surface area contributed by atoms with Crippen molar-refractivity contribution in [1.82, 2.24) is 9.59 Å². The number of carbonyl (C=O) groups excluding carboxylic acids is 3. The molecule has 0 bridgehead atoms. The van der Waals surface area contributed by atoms with Crippen LogP contribution in [0.4, 0.5) is 8.78 Å². The van der Waals surface area contributed by atoms with Gasteiger partial charge in [-0.05, 0) is 61.4 Å². The number of halogens is 2. The van der Waals surface area contributed by atoms with Crippen LogP contribution in [0.2, 0.25) is 0 Å². The normalized spacial score (nSPS) is 46.3. The molecule has 4 aliphatic carbocycles. The zero-order chi connectivity index (χ0) is 25.6. The number of aliphatic hydroxyl groups is 1. The fourth-order valence-corrected chi connectivity index (χ4v) is 8.64. The van der Waals surface area contributed by atoms with Gasteiger partial charge in [0.25, 0.3) is 0 Å². The number of thiol groups is 1. The molecule has 35 heavy (non-hydrogen) atoms. The summed E-state index contributed by atoms with van der Waals surface area (Å²) in [7, 11) is 0. The minimum atomic E-state index is -2.29. The van der Waals surface area contributed by atoms with E-state index in [1.807, 2.05) is 0 Å². The Morgan fingerprint density at radius 3 is 2.63 bits per heavy atom. The molecule has 0 aromatic carbocycles. The number of allylic oxidation sites excluding steroid dienone is 4. The highest BCUT2D eigenvalue weighted by Crippen LogP contribution is 2.71. The number of fused-ring (bicyclic) bond motifs is 5. The Labute approximate surface area is 210 Å². The lowest BCUT2D eigenvalue weighted by Gasteiger charge is -2.63. The van der Waals surface area contributed by atoms with Gasteiger partial charge in [0.05, 0.1) is 6.10 Å². The second-order valence-corrected chi connectivity index (χ2v) is 11.7. The molecule has 0 spiro atoms. The number of rotatable bonds is 3. The fourth-order valence-electron chi connectivity index (χ4n) is 7.69. The molecule has 7 nitrogen and oxygen atoms in total. The molecule has 9 atom stereocenters. The van der Waals surface area contributed by atoms with Crippen LogP contribution >= 0.6 is 24.2 Å². The summed E-state index contributed by atoms with van der Waals surface area (Å²) in [6.07, 6.45) is 0.269. The van der Waals surface area contributed by atoms with Crippen LogP contribution in [0.25, 0.3) is 0 Å². The second kappa shape index (κ2) is 7.76. The number of hydrogen-bond donors (Lipinski definition) is 2. The molecule has 5 rings (SSSR count). The van der Waals surface area contributed by atoms with Crippen LogP contribution in [0.15, 0.2) is 29.2 Å². The van der Waals surface area contributed by atoms with Gasteiger partial charge in [0.15, 0.2) is 22.7 Å². The van der Waals surface area contributed by atoms with Crippen LogP contribution in [0.1, 0.15) is 50.5 Å². The van der Waals surface area contributed by atoms with E-state index in [0.717, 1.165) is 17.6 Å². The minimum absolute atomic E-state index is 0.0245. The van der Waals surface area contributed by atoms with Crippen molar-refractivity contribution >= 4 is 41.0 Å². The highest BCUT2D eigenvalue weighted by molar-refractivity contribution is 7.96. The van der Waals surface area contributed by atoms with Crippen molar-refractivity contribution in [3.05, 3.63) is 34.9 Å². The van der Waals surface area contributed by atoms with Gasteiger partial charge in [-0.1, -0.05) is 24.4 Å². The maximum absolute atomic E-state index is 17.3. The zero-order valence-corrected chi connectivity index (χ0v) is 21.1. The molecule has 1 N–H and O–H groups in total. The average Bonchev–Trinajstić information content (AvgIpc) is 3.39. The van der Waals surface area contributed by atoms with E-state index in [9.17, 15) is 19.5 Å². The van der Waals surface area contributed by atoms with Crippen molar-refractivity contribution in [3.63, 3.8) is 0 Å². The van der Waals surface area contributed by atoms with Gasteiger partial charge in [-0.15, -0.1) is 17.7 Å². The Hall–Kier alpha value is -1.98. The molecule has 0 radical (unpaired) electrons. The van der Waals surface area contributed by atoms with E-state index in [4.69, 9.17) is 4.74 Å². The number of hydrogen-bond acceptors (Lipinski definition) is 8. The molecular weight excluding hydrogens is 498 g/mol. The third-order valence-corrected chi connectivity index (χ3v) is 10.1. The third-order valence-electron chi connectivity index (χ3n) is 9.31. The molecule has 0 aliphatic heterocycles. The first-order chi connectivity index (χ1) is 16.3. The van der Waals surface area contributed by atoms with E-state index in [1.54, 1.807) is 13.8 Å². The van der Waals surface area contributed by atoms with Gasteiger partial charge in [0, 0.05) is 28.0 Å². The van der Waals surface area contributed by atoms with E-state index in [1.165, 1.54) is 24.5 Å². The zero-order valence-electron chi connectivity index (χ0n) is 19.4. The number of alkyl halides is 2. The van der Waals surface area contributed by atoms with Gasteiger partial charge in [-0.3, -0.25) is 9.59 Å². The third kappa shape index (κ3) is 2.94. The van der Waals surface area contributed by atoms with Crippen LogP contribution in [0, 0.1) is 28.6 Å². The molecule has 4 aliphatic rings. The predicted molar refractivity (Wildman–Crippen MR) is 125 cm³/mol. The van der Waals surface area contributed by atoms with E-state index >= 15 is 8.78 Å². The van der Waals surface area contributed by atoms with E-state index < -0.39 is 69.0 Å². The second-order valence-electron chi connectivity index (χ2n) is 10.7. The molecule has 5 unspecified atom stereocenters. The van der Waals surface area contributed by atoms with Crippen molar-refractivity contribution in [2.45, 2.75) is 63.6 Å². The molecule has 1 aromatic rings. The average molecular weight is 525 g/mol. The monoisotopic (exact) mass is 524 g/mol. The van der Waals surface area contributed by atoms with Gasteiger partial charge in [0.2, 0.25) is 5.12 Å². The topological polar surface area (TPSA) is 106 Å². The molecular formula is C24H26F2N2O5S2. The summed E-state index contributed by atoms with van der Waals surface area (Å²) >= 11 is 5.06. The first kappa shape index (κ1) is 24.7. The van der Waals surface area contributed by atoms with Gasteiger partial charge < -0.3 is 9.84 Å². The van der Waals surface area contributed by atoms with Crippen molar-refractivity contribution in [2.24, 2.45) is 28.6 Å². The number of aliphatic hydroxyl groups excluding tert-OH is 1. The minimum Gasteiger partial charge on any atom is -0.444 e. The van der Waals surface area contributed by atoms with E-state index in [0.29, 0.717) is 0 Å². The van der Waals surface area contributed by atoms with Gasteiger partial charge in [-0.2, -0.15) is 0 Å². The van der Waals surface area contributed by atoms with Gasteiger partial charge in [0.1, 0.15) is 6.17 Å². The number of nitrogens with zero attached hydrogens (tertiary/aromatic N) is 2. The Bertz CT molecular complexity index is 1170. The number of ketones is 1. The number of esters is 1. The van der Waals surface area contributed by atoms with Crippen molar-refractivity contribution in [2.75, 3.05) is 0 Å². The molecule has 1 aromatic heterocycles. The summed E-state index contributed by atoms with van der Waals surface area (Å²) < 4.78 is 42.3. The van der Waals surface area contributed by atoms with Crippen molar-refractivity contribution in [1.29, 1.82) is 0 Å². The molecule has 0 amide bonds.